The van der Waals surface area contributed by atoms with E-state index < -0.39 is 29.6 Å². The van der Waals surface area contributed by atoms with Crippen molar-refractivity contribution >= 4 is 28.8 Å². The van der Waals surface area contributed by atoms with Gasteiger partial charge in [-0.25, -0.2) is 4.98 Å². The Kier molecular flexibility index (Phi) is 8.77. The molecule has 4 atom stereocenters. The number of ketones is 1. The molecule has 1 aromatic heterocycles. The Morgan fingerprint density at radius 1 is 1.09 bits per heavy atom. The predicted octanol–water partition coefficient (Wildman–Crippen LogP) is 3.97. The van der Waals surface area contributed by atoms with Crippen molar-refractivity contribution in [3.05, 3.63) is 30.2 Å². The standard InChI is InChI=1S/C25H36N2O6/c1-14(2)15(3)23(31)26-16(4)19(28)12-17(13-21(29)33-25(5,6)7)22(30)24-27-18-10-8-9-11-20(18)32-24/h8-11,14-17,22,30H,12-13H2,1-7H3,(H,26,31)/t15-,16+,17-,22?/m1/s1. The van der Waals surface area contributed by atoms with Gasteiger partial charge in [0.1, 0.15) is 17.2 Å². The molecule has 1 heterocycles. The lowest BCUT2D eigenvalue weighted by Gasteiger charge is -2.25. The zero-order chi connectivity index (χ0) is 24.9. The number of rotatable bonds is 10. The summed E-state index contributed by atoms with van der Waals surface area (Å²) in [5, 5.41) is 13.7. The van der Waals surface area contributed by atoms with Crippen LogP contribution in [-0.2, 0) is 19.1 Å². The topological polar surface area (TPSA) is 119 Å². The van der Waals surface area contributed by atoms with Crippen LogP contribution in [0, 0.1) is 17.8 Å². The van der Waals surface area contributed by atoms with Crippen LogP contribution in [0.5, 0.6) is 0 Å². The lowest BCUT2D eigenvalue weighted by atomic mass is 9.90. The van der Waals surface area contributed by atoms with Crippen molar-refractivity contribution in [2.75, 3.05) is 0 Å². The molecule has 8 heteroatoms. The second kappa shape index (κ2) is 10.9. The minimum absolute atomic E-state index is 0.0303. The van der Waals surface area contributed by atoms with Gasteiger partial charge in [-0.05, 0) is 45.7 Å². The monoisotopic (exact) mass is 460 g/mol. The number of hydrogen-bond donors (Lipinski definition) is 2. The number of Topliss-reactive ketones (excluding diaryl/α,β-unsaturated/α-hetero) is 1. The summed E-state index contributed by atoms with van der Waals surface area (Å²) in [5.41, 5.74) is 0.358. The first kappa shape index (κ1) is 26.5. The van der Waals surface area contributed by atoms with E-state index in [4.69, 9.17) is 9.15 Å². The first-order valence-corrected chi connectivity index (χ1v) is 11.4. The van der Waals surface area contributed by atoms with Gasteiger partial charge >= 0.3 is 5.97 Å². The van der Waals surface area contributed by atoms with E-state index in [1.54, 1.807) is 58.9 Å². The lowest BCUT2D eigenvalue weighted by molar-refractivity contribution is -0.157. The van der Waals surface area contributed by atoms with Gasteiger partial charge in [0, 0.05) is 18.3 Å². The Balaban J connectivity index is 2.19. The minimum atomic E-state index is -1.30. The molecule has 182 valence electrons. The van der Waals surface area contributed by atoms with Crippen LogP contribution in [0.3, 0.4) is 0 Å². The van der Waals surface area contributed by atoms with Gasteiger partial charge in [0.25, 0.3) is 0 Å². The number of nitrogens with zero attached hydrogens (tertiary/aromatic N) is 1. The number of para-hydroxylation sites is 2. The summed E-state index contributed by atoms with van der Waals surface area (Å²) < 4.78 is 11.1. The number of nitrogens with one attached hydrogen (secondary N) is 1. The second-order valence-electron chi connectivity index (χ2n) is 9.95. The average Bonchev–Trinajstić information content (AvgIpc) is 3.14. The molecule has 0 fully saturated rings. The molecule has 1 aromatic carbocycles. The summed E-state index contributed by atoms with van der Waals surface area (Å²) in [6.45, 7) is 12.5. The molecule has 0 spiro atoms. The first-order valence-electron chi connectivity index (χ1n) is 11.4. The maximum atomic E-state index is 12.9. The van der Waals surface area contributed by atoms with Gasteiger partial charge in [0.15, 0.2) is 11.4 Å². The Morgan fingerprint density at radius 2 is 1.73 bits per heavy atom. The maximum Gasteiger partial charge on any atom is 0.306 e. The molecule has 0 aliphatic rings. The number of ether oxygens (including phenoxy) is 1. The van der Waals surface area contributed by atoms with Gasteiger partial charge in [0.2, 0.25) is 11.8 Å². The Labute approximate surface area is 195 Å². The van der Waals surface area contributed by atoms with Crippen LogP contribution in [-0.4, -0.2) is 39.4 Å². The number of hydrogen-bond acceptors (Lipinski definition) is 7. The second-order valence-corrected chi connectivity index (χ2v) is 9.95. The zero-order valence-corrected chi connectivity index (χ0v) is 20.5. The average molecular weight is 461 g/mol. The Bertz CT molecular complexity index is 942. The summed E-state index contributed by atoms with van der Waals surface area (Å²) in [6, 6.07) is 6.28. The van der Waals surface area contributed by atoms with Crippen molar-refractivity contribution < 1.29 is 28.6 Å². The third-order valence-electron chi connectivity index (χ3n) is 5.58. The smallest absolute Gasteiger partial charge is 0.306 e. The highest BCUT2D eigenvalue weighted by Crippen LogP contribution is 2.31. The molecule has 8 nitrogen and oxygen atoms in total. The van der Waals surface area contributed by atoms with Crippen LogP contribution < -0.4 is 5.32 Å². The Morgan fingerprint density at radius 3 is 2.30 bits per heavy atom. The summed E-state index contributed by atoms with van der Waals surface area (Å²) in [7, 11) is 0. The molecule has 0 bridgehead atoms. The van der Waals surface area contributed by atoms with E-state index in [-0.39, 0.29) is 42.3 Å². The van der Waals surface area contributed by atoms with Crippen molar-refractivity contribution in [3.8, 4) is 0 Å². The van der Waals surface area contributed by atoms with E-state index in [1.807, 2.05) is 13.8 Å². The van der Waals surface area contributed by atoms with Crippen molar-refractivity contribution in [3.63, 3.8) is 0 Å². The number of carbonyl (C=O) groups is 3. The minimum Gasteiger partial charge on any atom is -0.460 e. The number of aliphatic hydroxyl groups is 1. The number of benzene rings is 1. The molecule has 0 radical (unpaired) electrons. The largest absolute Gasteiger partial charge is 0.460 e. The molecular formula is C25H36N2O6. The van der Waals surface area contributed by atoms with Crippen LogP contribution in [0.2, 0.25) is 0 Å². The summed E-state index contributed by atoms with van der Waals surface area (Å²) >= 11 is 0. The van der Waals surface area contributed by atoms with Crippen LogP contribution in [0.15, 0.2) is 28.7 Å². The van der Waals surface area contributed by atoms with Gasteiger partial charge in [0.05, 0.1) is 12.5 Å². The van der Waals surface area contributed by atoms with Crippen LogP contribution in [0.1, 0.15) is 73.3 Å². The summed E-state index contributed by atoms with van der Waals surface area (Å²) in [4.78, 5) is 42.1. The van der Waals surface area contributed by atoms with Gasteiger partial charge < -0.3 is 19.6 Å². The van der Waals surface area contributed by atoms with Crippen LogP contribution >= 0.6 is 0 Å². The van der Waals surface area contributed by atoms with E-state index in [1.165, 1.54) is 0 Å². The zero-order valence-electron chi connectivity index (χ0n) is 20.5. The van der Waals surface area contributed by atoms with Crippen molar-refractivity contribution in [1.29, 1.82) is 0 Å². The summed E-state index contributed by atoms with van der Waals surface area (Å²) in [5.74, 6) is -1.97. The van der Waals surface area contributed by atoms with Crippen molar-refractivity contribution in [1.82, 2.24) is 10.3 Å². The molecule has 1 unspecified atom stereocenters. The molecule has 0 aliphatic heterocycles. The quantitative estimate of drug-likeness (QED) is 0.515. The Hall–Kier alpha value is -2.74. The van der Waals surface area contributed by atoms with E-state index in [0.29, 0.717) is 11.1 Å². The number of oxazole rings is 1. The van der Waals surface area contributed by atoms with E-state index in [9.17, 15) is 19.5 Å². The van der Waals surface area contributed by atoms with Gasteiger partial charge in [-0.15, -0.1) is 0 Å². The fourth-order valence-corrected chi connectivity index (χ4v) is 3.27. The van der Waals surface area contributed by atoms with Gasteiger partial charge in [-0.2, -0.15) is 0 Å². The van der Waals surface area contributed by atoms with E-state index >= 15 is 0 Å². The third kappa shape index (κ3) is 7.67. The predicted molar refractivity (Wildman–Crippen MR) is 124 cm³/mol. The summed E-state index contributed by atoms with van der Waals surface area (Å²) in [6.07, 6.45) is -1.66. The highest BCUT2D eigenvalue weighted by Gasteiger charge is 2.33. The normalized spacial score (nSPS) is 15.7. The molecule has 2 aromatic rings. The number of fused-ring (bicyclic) bond motifs is 1. The number of carbonyl (C=O) groups excluding carboxylic acids is 3. The molecule has 0 aliphatic carbocycles. The molecule has 1 amide bonds. The van der Waals surface area contributed by atoms with Crippen LogP contribution in [0.4, 0.5) is 0 Å². The number of aliphatic hydroxyl groups excluding tert-OH is 1. The molecule has 0 saturated heterocycles. The molecule has 0 saturated carbocycles. The molecule has 2 rings (SSSR count). The van der Waals surface area contributed by atoms with Gasteiger partial charge in [-0.3, -0.25) is 14.4 Å². The fourth-order valence-electron chi connectivity index (χ4n) is 3.27. The number of amides is 1. The highest BCUT2D eigenvalue weighted by molar-refractivity contribution is 5.89. The van der Waals surface area contributed by atoms with Crippen LogP contribution in [0.25, 0.3) is 11.1 Å². The van der Waals surface area contributed by atoms with Gasteiger partial charge in [-0.1, -0.05) is 32.9 Å². The van der Waals surface area contributed by atoms with E-state index in [0.717, 1.165) is 0 Å². The number of esters is 1. The lowest BCUT2D eigenvalue weighted by Crippen LogP contribution is -2.43. The maximum absolute atomic E-state index is 12.9. The van der Waals surface area contributed by atoms with Crippen molar-refractivity contribution in [2.45, 2.75) is 79.1 Å². The fraction of sp³-hybridized carbons (Fsp3) is 0.600. The third-order valence-corrected chi connectivity index (χ3v) is 5.58. The molecule has 33 heavy (non-hydrogen) atoms. The highest BCUT2D eigenvalue weighted by atomic mass is 16.6. The molecular weight excluding hydrogens is 424 g/mol. The SMILES string of the molecule is CC(C)[C@@H](C)C(=O)N[C@@H](C)C(=O)C[C@H](CC(=O)OC(C)(C)C)C(O)c1nc2ccccc2o1. The number of aromatic nitrogens is 1. The van der Waals surface area contributed by atoms with E-state index in [2.05, 4.69) is 10.3 Å². The molecule has 2 N–H and O–H groups in total. The van der Waals surface area contributed by atoms with Crippen molar-refractivity contribution in [2.24, 2.45) is 17.8 Å². The first-order chi connectivity index (χ1) is 15.3.